The highest BCUT2D eigenvalue weighted by atomic mass is 16.5. The largest absolute Gasteiger partial charge is 0.496 e. The van der Waals surface area contributed by atoms with E-state index in [0.717, 1.165) is 5.69 Å². The normalized spacial score (nSPS) is 14.2. The van der Waals surface area contributed by atoms with Crippen LogP contribution in [0.3, 0.4) is 0 Å². The molecular formula is C21H22N2O3. The van der Waals surface area contributed by atoms with Crippen LogP contribution in [0, 0.1) is 0 Å². The van der Waals surface area contributed by atoms with E-state index in [0.29, 0.717) is 35.7 Å². The Hall–Kier alpha value is -3.08. The fourth-order valence-corrected chi connectivity index (χ4v) is 3.27. The number of hydrogen-bond donors (Lipinski definition) is 0. The fourth-order valence-electron chi connectivity index (χ4n) is 3.27. The second-order valence-electron chi connectivity index (χ2n) is 5.86. The molecule has 1 aliphatic heterocycles. The molecule has 0 aromatic heterocycles. The predicted octanol–water partition coefficient (Wildman–Crippen LogP) is 3.32. The molecule has 2 aromatic carbocycles. The van der Waals surface area contributed by atoms with Crippen LogP contribution in [-0.4, -0.2) is 36.9 Å². The van der Waals surface area contributed by atoms with Gasteiger partial charge in [0.1, 0.15) is 11.4 Å². The van der Waals surface area contributed by atoms with Crippen molar-refractivity contribution in [2.24, 2.45) is 0 Å². The Balaban J connectivity index is 2.25. The zero-order chi connectivity index (χ0) is 18.7. The van der Waals surface area contributed by atoms with Gasteiger partial charge < -0.3 is 9.64 Å². The maximum absolute atomic E-state index is 13.1. The third kappa shape index (κ3) is 2.86. The number of carbonyl (C=O) groups excluding carboxylic acids is 2. The molecule has 0 radical (unpaired) electrons. The molecular weight excluding hydrogens is 328 g/mol. The molecule has 0 bridgehead atoms. The Morgan fingerprint density at radius 2 is 1.58 bits per heavy atom. The summed E-state index contributed by atoms with van der Waals surface area (Å²) in [6, 6.07) is 16.9. The first-order chi connectivity index (χ1) is 12.6. The van der Waals surface area contributed by atoms with Gasteiger partial charge in [0.25, 0.3) is 11.8 Å². The lowest BCUT2D eigenvalue weighted by molar-refractivity contribution is -0.136. The number of carbonyl (C=O) groups is 2. The summed E-state index contributed by atoms with van der Waals surface area (Å²) in [6.07, 6.45) is 0. The molecule has 0 atom stereocenters. The molecule has 0 aliphatic carbocycles. The van der Waals surface area contributed by atoms with Gasteiger partial charge in [-0.05, 0) is 32.0 Å². The summed E-state index contributed by atoms with van der Waals surface area (Å²) in [5.74, 6) is 0.0127. The lowest BCUT2D eigenvalue weighted by Crippen LogP contribution is -2.35. The number of anilines is 1. The number of methoxy groups -OCH3 is 1. The second-order valence-corrected chi connectivity index (χ2v) is 5.86. The monoisotopic (exact) mass is 350 g/mol. The predicted molar refractivity (Wildman–Crippen MR) is 102 cm³/mol. The van der Waals surface area contributed by atoms with Crippen LogP contribution in [0.15, 0.2) is 60.3 Å². The summed E-state index contributed by atoms with van der Waals surface area (Å²) in [5, 5.41) is 0. The smallest absolute Gasteiger partial charge is 0.278 e. The van der Waals surface area contributed by atoms with Crippen LogP contribution in [0.25, 0.3) is 5.57 Å². The van der Waals surface area contributed by atoms with Gasteiger partial charge in [-0.1, -0.05) is 36.4 Å². The van der Waals surface area contributed by atoms with E-state index in [4.69, 9.17) is 4.74 Å². The molecule has 26 heavy (non-hydrogen) atoms. The molecule has 2 amide bonds. The van der Waals surface area contributed by atoms with Crippen molar-refractivity contribution in [2.75, 3.05) is 25.1 Å². The van der Waals surface area contributed by atoms with E-state index < -0.39 is 0 Å². The number of rotatable bonds is 6. The SMILES string of the molecule is CCN1C(=O)C(c2ccccc2OC)=C(N(CC)c2ccccc2)C1=O. The van der Waals surface area contributed by atoms with Crippen LogP contribution in [0.4, 0.5) is 5.69 Å². The number of imide groups is 1. The average molecular weight is 350 g/mol. The van der Waals surface area contributed by atoms with Gasteiger partial charge in [0.2, 0.25) is 0 Å². The standard InChI is InChI=1S/C21H22N2O3/c1-4-22(15-11-7-6-8-12-15)19-18(20(24)23(5-2)21(19)25)16-13-9-10-14-17(16)26-3/h6-14H,4-5H2,1-3H3. The number of benzene rings is 2. The molecule has 0 fully saturated rings. The number of likely N-dealkylation sites (N-methyl/N-ethyl adjacent to an activating group) is 2. The minimum atomic E-state index is -0.286. The van der Waals surface area contributed by atoms with Crippen molar-refractivity contribution >= 4 is 23.1 Å². The summed E-state index contributed by atoms with van der Waals surface area (Å²) < 4.78 is 5.44. The van der Waals surface area contributed by atoms with E-state index in [1.165, 1.54) is 4.90 Å². The summed E-state index contributed by atoms with van der Waals surface area (Å²) in [6.45, 7) is 4.66. The van der Waals surface area contributed by atoms with E-state index in [2.05, 4.69) is 0 Å². The van der Waals surface area contributed by atoms with E-state index in [1.54, 1.807) is 20.1 Å². The molecule has 0 spiro atoms. The van der Waals surface area contributed by atoms with Gasteiger partial charge in [0, 0.05) is 24.3 Å². The van der Waals surface area contributed by atoms with Gasteiger partial charge in [-0.15, -0.1) is 0 Å². The van der Waals surface area contributed by atoms with Gasteiger partial charge in [-0.2, -0.15) is 0 Å². The highest BCUT2D eigenvalue weighted by molar-refractivity contribution is 6.37. The Labute approximate surface area is 153 Å². The van der Waals surface area contributed by atoms with Crippen molar-refractivity contribution in [3.05, 3.63) is 65.9 Å². The maximum atomic E-state index is 13.1. The second kappa shape index (κ2) is 7.44. The van der Waals surface area contributed by atoms with Gasteiger partial charge in [0.05, 0.1) is 12.7 Å². The lowest BCUT2D eigenvalue weighted by Gasteiger charge is -2.24. The fraction of sp³-hybridized carbons (Fsp3) is 0.238. The van der Waals surface area contributed by atoms with Crippen LogP contribution in [0.2, 0.25) is 0 Å². The van der Waals surface area contributed by atoms with Gasteiger partial charge >= 0.3 is 0 Å². The Kier molecular flexibility index (Phi) is 5.07. The highest BCUT2D eigenvalue weighted by Crippen LogP contribution is 2.37. The molecule has 1 heterocycles. The van der Waals surface area contributed by atoms with Gasteiger partial charge in [-0.25, -0.2) is 0 Å². The van der Waals surface area contributed by atoms with Crippen molar-refractivity contribution in [3.63, 3.8) is 0 Å². The van der Waals surface area contributed by atoms with E-state index in [-0.39, 0.29) is 11.8 Å². The summed E-state index contributed by atoms with van der Waals surface area (Å²) in [5.41, 5.74) is 2.29. The van der Waals surface area contributed by atoms with Crippen LogP contribution in [0.1, 0.15) is 19.4 Å². The highest BCUT2D eigenvalue weighted by Gasteiger charge is 2.41. The molecule has 1 aliphatic rings. The van der Waals surface area contributed by atoms with Crippen LogP contribution in [-0.2, 0) is 9.59 Å². The lowest BCUT2D eigenvalue weighted by atomic mass is 10.0. The van der Waals surface area contributed by atoms with Crippen molar-refractivity contribution in [2.45, 2.75) is 13.8 Å². The van der Waals surface area contributed by atoms with Gasteiger partial charge in [-0.3, -0.25) is 14.5 Å². The Morgan fingerprint density at radius 1 is 0.923 bits per heavy atom. The summed E-state index contributed by atoms with van der Waals surface area (Å²) >= 11 is 0. The number of ether oxygens (including phenoxy) is 1. The molecule has 3 rings (SSSR count). The molecule has 0 saturated carbocycles. The first kappa shape index (κ1) is 17.7. The van der Waals surface area contributed by atoms with E-state index >= 15 is 0 Å². The first-order valence-electron chi connectivity index (χ1n) is 8.70. The number of para-hydroxylation sites is 2. The maximum Gasteiger partial charge on any atom is 0.278 e. The van der Waals surface area contributed by atoms with Crippen LogP contribution in [0.5, 0.6) is 5.75 Å². The van der Waals surface area contributed by atoms with Crippen LogP contribution >= 0.6 is 0 Å². The number of amides is 2. The summed E-state index contributed by atoms with van der Waals surface area (Å²) in [7, 11) is 1.56. The molecule has 5 heteroatoms. The van der Waals surface area contributed by atoms with Crippen molar-refractivity contribution in [1.29, 1.82) is 0 Å². The van der Waals surface area contributed by atoms with E-state index in [9.17, 15) is 9.59 Å². The quantitative estimate of drug-likeness (QED) is 0.750. The molecule has 0 saturated heterocycles. The van der Waals surface area contributed by atoms with Crippen molar-refractivity contribution in [1.82, 2.24) is 4.90 Å². The first-order valence-corrected chi connectivity index (χ1v) is 8.70. The molecule has 134 valence electrons. The third-order valence-electron chi connectivity index (χ3n) is 4.49. The van der Waals surface area contributed by atoms with Crippen LogP contribution < -0.4 is 9.64 Å². The number of hydrogen-bond acceptors (Lipinski definition) is 4. The molecule has 5 nitrogen and oxygen atoms in total. The van der Waals surface area contributed by atoms with Gasteiger partial charge in [0.15, 0.2) is 0 Å². The third-order valence-corrected chi connectivity index (χ3v) is 4.49. The van der Waals surface area contributed by atoms with Crippen molar-refractivity contribution in [3.8, 4) is 5.75 Å². The van der Waals surface area contributed by atoms with E-state index in [1.807, 2.05) is 60.4 Å². The van der Waals surface area contributed by atoms with Crippen molar-refractivity contribution < 1.29 is 14.3 Å². The minimum Gasteiger partial charge on any atom is -0.496 e. The topological polar surface area (TPSA) is 49.9 Å². The molecule has 0 unspecified atom stereocenters. The summed E-state index contributed by atoms with van der Waals surface area (Å²) in [4.78, 5) is 29.3. The molecule has 2 aromatic rings. The number of nitrogens with zero attached hydrogens (tertiary/aromatic N) is 2. The molecule has 0 N–H and O–H groups in total. The Morgan fingerprint density at radius 3 is 2.19 bits per heavy atom. The zero-order valence-electron chi connectivity index (χ0n) is 15.2. The average Bonchev–Trinajstić information content (AvgIpc) is 2.93. The zero-order valence-corrected chi connectivity index (χ0v) is 15.2. The Bertz CT molecular complexity index is 859. The minimum absolute atomic E-state index is 0.274.